The van der Waals surface area contributed by atoms with E-state index in [0.29, 0.717) is 11.0 Å². The molecular weight excluding hydrogens is 180 g/mol. The van der Waals surface area contributed by atoms with Gasteiger partial charge in [-0.15, -0.1) is 0 Å². The van der Waals surface area contributed by atoms with Crippen LogP contribution in [0.2, 0.25) is 0 Å². The van der Waals surface area contributed by atoms with Gasteiger partial charge >= 0.3 is 0 Å². The van der Waals surface area contributed by atoms with Crippen molar-refractivity contribution in [3.63, 3.8) is 0 Å². The quantitative estimate of drug-likeness (QED) is 0.450. The summed E-state index contributed by atoms with van der Waals surface area (Å²) in [5.74, 6) is -0.453. The molecule has 0 saturated carbocycles. The Bertz CT molecular complexity index is 145. The molecule has 0 fully saturated rings. The summed E-state index contributed by atoms with van der Waals surface area (Å²) in [6.07, 6.45) is -0.567. The molecule has 0 aliphatic rings. The maximum atomic E-state index is 10.4. The summed E-state index contributed by atoms with van der Waals surface area (Å²) < 4.78 is 0.633. The number of likely N-dealkylation sites (N-methyl/N-ethyl adjacent to an activating group) is 1. The lowest BCUT2D eigenvalue weighted by Gasteiger charge is -2.26. The van der Waals surface area contributed by atoms with Gasteiger partial charge in [0.25, 0.3) is 0 Å². The van der Waals surface area contributed by atoms with Crippen LogP contribution < -0.4 is 18.1 Å². The average Bonchev–Trinajstić information content (AvgIpc) is 1.53. The number of aliphatic hydroxyl groups excluding tert-OH is 1. The second-order valence-electron chi connectivity index (χ2n) is 3.80. The van der Waals surface area contributed by atoms with E-state index >= 15 is 0 Å². The number of hydrogen-bond acceptors (Lipinski definition) is 2. The van der Waals surface area contributed by atoms with Crippen molar-refractivity contribution < 1.29 is 26.8 Å². The average molecular weight is 197 g/mol. The minimum atomic E-state index is -0.618. The fourth-order valence-corrected chi connectivity index (χ4v) is 0.929. The van der Waals surface area contributed by atoms with Gasteiger partial charge < -0.3 is 27.7 Å². The molecule has 0 heterocycles. The van der Waals surface area contributed by atoms with E-state index < -0.39 is 12.0 Å². The second kappa shape index (κ2) is 5.35. The predicted octanol–water partition coefficient (Wildman–Crippen LogP) is -4.07. The normalized spacial score (nSPS) is 13.3. The van der Waals surface area contributed by atoms with Crippen molar-refractivity contribution in [2.24, 2.45) is 5.73 Å². The van der Waals surface area contributed by atoms with Gasteiger partial charge in [0.05, 0.1) is 27.6 Å². The van der Waals surface area contributed by atoms with Gasteiger partial charge in [-0.2, -0.15) is 0 Å². The molecular formula is C7H17ClN2O2. The molecule has 0 aliphatic heterocycles. The Morgan fingerprint density at radius 2 is 1.92 bits per heavy atom. The summed E-state index contributed by atoms with van der Waals surface area (Å²) >= 11 is 0. The maximum Gasteiger partial charge on any atom is 0.220 e. The molecule has 1 unspecified atom stereocenters. The van der Waals surface area contributed by atoms with Gasteiger partial charge in [0, 0.05) is 0 Å². The van der Waals surface area contributed by atoms with Crippen LogP contribution in [0, 0.1) is 0 Å². The van der Waals surface area contributed by atoms with Gasteiger partial charge in [-0.1, -0.05) is 0 Å². The highest BCUT2D eigenvalue weighted by molar-refractivity contribution is 5.74. The first-order valence-electron chi connectivity index (χ1n) is 3.58. The number of halogens is 1. The second-order valence-corrected chi connectivity index (χ2v) is 3.80. The summed E-state index contributed by atoms with van der Waals surface area (Å²) in [5.41, 5.74) is 4.91. The highest BCUT2D eigenvalue weighted by Gasteiger charge is 2.16. The number of aliphatic hydroxyl groups is 1. The van der Waals surface area contributed by atoms with Crippen LogP contribution in [0.5, 0.6) is 0 Å². The van der Waals surface area contributed by atoms with Crippen molar-refractivity contribution in [3.05, 3.63) is 0 Å². The molecule has 0 aromatic heterocycles. The highest BCUT2D eigenvalue weighted by atomic mass is 35.5. The Morgan fingerprint density at radius 3 is 2.17 bits per heavy atom. The van der Waals surface area contributed by atoms with Gasteiger partial charge in [0.15, 0.2) is 0 Å². The Hall–Kier alpha value is -0.320. The van der Waals surface area contributed by atoms with E-state index in [2.05, 4.69) is 0 Å². The monoisotopic (exact) mass is 196 g/mol. The van der Waals surface area contributed by atoms with E-state index in [1.54, 1.807) is 0 Å². The summed E-state index contributed by atoms with van der Waals surface area (Å²) in [6, 6.07) is 0. The fourth-order valence-electron chi connectivity index (χ4n) is 0.929. The van der Waals surface area contributed by atoms with E-state index in [9.17, 15) is 9.90 Å². The third kappa shape index (κ3) is 9.68. The molecule has 0 aromatic carbocycles. The molecule has 1 amide bonds. The molecule has 0 aliphatic carbocycles. The van der Waals surface area contributed by atoms with Gasteiger partial charge in [-0.3, -0.25) is 4.79 Å². The van der Waals surface area contributed by atoms with Gasteiger partial charge in [-0.25, -0.2) is 0 Å². The number of primary amides is 1. The molecule has 74 valence electrons. The SMILES string of the molecule is C[N+](C)(C)CC(O)CC(N)=O.[Cl-]. The molecule has 0 saturated heterocycles. The number of carbonyl (C=O) groups excluding carboxylic acids is 1. The van der Waals surface area contributed by atoms with Crippen molar-refractivity contribution in [3.8, 4) is 0 Å². The van der Waals surface area contributed by atoms with Crippen molar-refractivity contribution in [1.29, 1.82) is 0 Å². The lowest BCUT2D eigenvalue weighted by molar-refractivity contribution is -0.873. The Kier molecular flexibility index (Phi) is 6.34. The van der Waals surface area contributed by atoms with Crippen molar-refractivity contribution in [2.75, 3.05) is 27.7 Å². The summed E-state index contributed by atoms with van der Waals surface area (Å²) in [5, 5.41) is 9.24. The minimum absolute atomic E-state index is 0. The first-order valence-corrected chi connectivity index (χ1v) is 3.58. The minimum Gasteiger partial charge on any atom is -1.00 e. The van der Waals surface area contributed by atoms with Crippen LogP contribution in [-0.2, 0) is 4.79 Å². The van der Waals surface area contributed by atoms with Crippen LogP contribution in [0.3, 0.4) is 0 Å². The highest BCUT2D eigenvalue weighted by Crippen LogP contribution is 1.97. The maximum absolute atomic E-state index is 10.4. The van der Waals surface area contributed by atoms with Gasteiger partial charge in [0.1, 0.15) is 12.6 Å². The van der Waals surface area contributed by atoms with Crippen LogP contribution in [0.25, 0.3) is 0 Å². The molecule has 0 spiro atoms. The number of nitrogens with zero attached hydrogens (tertiary/aromatic N) is 1. The van der Waals surface area contributed by atoms with Crippen molar-refractivity contribution in [1.82, 2.24) is 0 Å². The lowest BCUT2D eigenvalue weighted by Crippen LogP contribution is -3.00. The number of carbonyl (C=O) groups is 1. The number of rotatable bonds is 4. The molecule has 4 nitrogen and oxygen atoms in total. The molecule has 0 radical (unpaired) electrons. The van der Waals surface area contributed by atoms with E-state index in [1.807, 2.05) is 21.1 Å². The summed E-state index contributed by atoms with van der Waals surface area (Å²) in [6.45, 7) is 0.545. The molecule has 5 heteroatoms. The van der Waals surface area contributed by atoms with Crippen LogP contribution in [0.4, 0.5) is 0 Å². The van der Waals surface area contributed by atoms with E-state index in [-0.39, 0.29) is 18.8 Å². The van der Waals surface area contributed by atoms with Crippen LogP contribution in [0.15, 0.2) is 0 Å². The largest absolute Gasteiger partial charge is 1.00 e. The molecule has 0 rings (SSSR count). The first-order chi connectivity index (χ1) is 4.81. The smallest absolute Gasteiger partial charge is 0.220 e. The number of hydrogen-bond donors (Lipinski definition) is 2. The number of nitrogens with two attached hydrogens (primary N) is 1. The van der Waals surface area contributed by atoms with Gasteiger partial charge in [0.2, 0.25) is 5.91 Å². The Labute approximate surface area is 79.3 Å². The van der Waals surface area contributed by atoms with Crippen LogP contribution >= 0.6 is 0 Å². The zero-order valence-electron chi connectivity index (χ0n) is 7.75. The van der Waals surface area contributed by atoms with E-state index in [0.717, 1.165) is 0 Å². The molecule has 0 aromatic rings. The first kappa shape index (κ1) is 14.2. The zero-order chi connectivity index (χ0) is 9.07. The Balaban J connectivity index is 0. The van der Waals surface area contributed by atoms with Crippen LogP contribution in [-0.4, -0.2) is 49.3 Å². The predicted molar refractivity (Wildman–Crippen MR) is 42.7 cm³/mol. The molecule has 3 N–H and O–H groups in total. The summed E-state index contributed by atoms with van der Waals surface area (Å²) in [4.78, 5) is 10.4. The third-order valence-electron chi connectivity index (χ3n) is 1.20. The summed E-state index contributed by atoms with van der Waals surface area (Å²) in [7, 11) is 5.85. The van der Waals surface area contributed by atoms with Crippen molar-refractivity contribution in [2.45, 2.75) is 12.5 Å². The third-order valence-corrected chi connectivity index (χ3v) is 1.20. The topological polar surface area (TPSA) is 63.3 Å². The number of amides is 1. The molecule has 1 atom stereocenters. The van der Waals surface area contributed by atoms with Crippen LogP contribution in [0.1, 0.15) is 6.42 Å². The molecule has 0 bridgehead atoms. The van der Waals surface area contributed by atoms with Crippen molar-refractivity contribution >= 4 is 5.91 Å². The Morgan fingerprint density at radius 1 is 1.50 bits per heavy atom. The van der Waals surface area contributed by atoms with E-state index in [1.165, 1.54) is 0 Å². The standard InChI is InChI=1S/C7H16N2O2.ClH/c1-9(2,3)5-6(10)4-7(8)11;/h6,10H,4-5H2,1-3H3,(H-,8,11);1H. The van der Waals surface area contributed by atoms with Gasteiger partial charge in [-0.05, 0) is 0 Å². The fraction of sp³-hybridized carbons (Fsp3) is 0.857. The van der Waals surface area contributed by atoms with E-state index in [4.69, 9.17) is 5.73 Å². The number of quaternary nitrogens is 1. The lowest BCUT2D eigenvalue weighted by atomic mass is 10.2. The zero-order valence-corrected chi connectivity index (χ0v) is 8.51. The molecule has 12 heavy (non-hydrogen) atoms.